The summed E-state index contributed by atoms with van der Waals surface area (Å²) < 4.78 is 0. The number of hydrogen-bond donors (Lipinski definition) is 2. The molecule has 0 saturated carbocycles. The predicted molar refractivity (Wildman–Crippen MR) is 87.6 cm³/mol. The van der Waals surface area contributed by atoms with Crippen molar-refractivity contribution in [2.45, 2.75) is 64.6 Å². The highest BCUT2D eigenvalue weighted by Gasteiger charge is 1.85. The first-order chi connectivity index (χ1) is 9.63. The first kappa shape index (κ1) is 18.9. The van der Waals surface area contributed by atoms with E-state index in [0.717, 1.165) is 38.5 Å². The fraction of sp³-hybridized carbons (Fsp3) is 0.556. The van der Waals surface area contributed by atoms with Gasteiger partial charge in [-0.05, 0) is 52.4 Å². The molecule has 0 aromatic rings. The van der Waals surface area contributed by atoms with Crippen molar-refractivity contribution < 1.29 is 10.2 Å². The number of aliphatic hydroxyl groups is 2. The first-order valence-electron chi connectivity index (χ1n) is 7.62. The predicted octanol–water partition coefficient (Wildman–Crippen LogP) is 4.31. The van der Waals surface area contributed by atoms with Gasteiger partial charge in [-0.15, -0.1) is 0 Å². The van der Waals surface area contributed by atoms with Crippen LogP contribution in [-0.4, -0.2) is 22.4 Å². The summed E-state index contributed by atoms with van der Waals surface area (Å²) in [6, 6.07) is 0. The van der Waals surface area contributed by atoms with Crippen LogP contribution in [0.5, 0.6) is 0 Å². The molecule has 0 radical (unpaired) electrons. The molecule has 0 aliphatic carbocycles. The molecule has 0 spiro atoms. The van der Waals surface area contributed by atoms with Gasteiger partial charge < -0.3 is 10.2 Å². The van der Waals surface area contributed by atoms with Crippen molar-refractivity contribution in [3.8, 4) is 0 Å². The second-order valence-electron chi connectivity index (χ2n) is 5.01. The summed E-state index contributed by atoms with van der Waals surface area (Å²) in [7, 11) is 0. The Balaban J connectivity index is 3.38. The monoisotopic (exact) mass is 278 g/mol. The number of aliphatic hydroxyl groups excluding tert-OH is 2. The van der Waals surface area contributed by atoms with Gasteiger partial charge in [-0.3, -0.25) is 0 Å². The Labute approximate surface area is 124 Å². The Hall–Kier alpha value is -1.12. The van der Waals surface area contributed by atoms with E-state index in [1.165, 1.54) is 0 Å². The van der Waals surface area contributed by atoms with Gasteiger partial charge in [0, 0.05) is 0 Å². The molecule has 0 saturated heterocycles. The highest BCUT2D eigenvalue weighted by atomic mass is 16.3. The molecule has 0 aromatic heterocycles. The van der Waals surface area contributed by atoms with Crippen LogP contribution >= 0.6 is 0 Å². The highest BCUT2D eigenvalue weighted by molar-refractivity contribution is 4.93. The minimum Gasteiger partial charge on any atom is -0.389 e. The van der Waals surface area contributed by atoms with Crippen LogP contribution in [0.2, 0.25) is 0 Å². The molecule has 0 rings (SSSR count). The average molecular weight is 278 g/mol. The third-order valence-electron chi connectivity index (χ3n) is 2.66. The number of rotatable bonds is 11. The van der Waals surface area contributed by atoms with Gasteiger partial charge >= 0.3 is 0 Å². The molecule has 2 heteroatoms. The van der Waals surface area contributed by atoms with E-state index in [1.807, 2.05) is 24.3 Å². The molecular weight excluding hydrogens is 248 g/mol. The van der Waals surface area contributed by atoms with Crippen LogP contribution in [0.1, 0.15) is 52.4 Å². The maximum atomic E-state index is 9.03. The Bertz CT molecular complexity index is 277. The lowest BCUT2D eigenvalue weighted by molar-refractivity contribution is 0.243. The Kier molecular flexibility index (Phi) is 13.5. The summed E-state index contributed by atoms with van der Waals surface area (Å²) in [5.41, 5.74) is 0. The lowest BCUT2D eigenvalue weighted by Crippen LogP contribution is -1.91. The lowest BCUT2D eigenvalue weighted by atomic mass is 10.2. The fourth-order valence-corrected chi connectivity index (χ4v) is 1.64. The van der Waals surface area contributed by atoms with Crippen molar-refractivity contribution in [3.63, 3.8) is 0 Å². The normalized spacial score (nSPS) is 16.0. The van der Waals surface area contributed by atoms with Crippen LogP contribution < -0.4 is 0 Å². The molecule has 0 fully saturated rings. The largest absolute Gasteiger partial charge is 0.389 e. The molecule has 0 aliphatic heterocycles. The van der Waals surface area contributed by atoms with Crippen molar-refractivity contribution in [3.05, 3.63) is 48.6 Å². The smallest absolute Gasteiger partial charge is 0.0692 e. The van der Waals surface area contributed by atoms with Gasteiger partial charge in [0.15, 0.2) is 0 Å². The zero-order valence-electron chi connectivity index (χ0n) is 12.9. The van der Waals surface area contributed by atoms with Crippen LogP contribution in [0, 0.1) is 0 Å². The second-order valence-corrected chi connectivity index (χ2v) is 5.01. The summed E-state index contributed by atoms with van der Waals surface area (Å²) in [5.74, 6) is 0. The van der Waals surface area contributed by atoms with Gasteiger partial charge in [-0.2, -0.15) is 0 Å². The third kappa shape index (κ3) is 16.9. The number of allylic oxidation sites excluding steroid dienone is 6. The number of hydrogen-bond acceptors (Lipinski definition) is 2. The van der Waals surface area contributed by atoms with Gasteiger partial charge in [-0.1, -0.05) is 48.6 Å². The van der Waals surface area contributed by atoms with E-state index in [9.17, 15) is 0 Å². The molecular formula is C18H30O2. The Morgan fingerprint density at radius 1 is 0.550 bits per heavy atom. The third-order valence-corrected chi connectivity index (χ3v) is 2.66. The van der Waals surface area contributed by atoms with Crippen molar-refractivity contribution in [1.29, 1.82) is 0 Å². The standard InChI is InChI=1S/C18H30O2/c1-17(19)15-13-11-9-7-5-3-4-6-8-10-12-14-16-18(2)20/h5-8,13-20H,3-4,9-12H2,1-2H3. The lowest BCUT2D eigenvalue weighted by Gasteiger charge is -1.93. The van der Waals surface area contributed by atoms with Crippen molar-refractivity contribution >= 4 is 0 Å². The quantitative estimate of drug-likeness (QED) is 0.436. The summed E-state index contributed by atoms with van der Waals surface area (Å²) in [4.78, 5) is 0. The van der Waals surface area contributed by atoms with Crippen LogP contribution in [0.15, 0.2) is 48.6 Å². The van der Waals surface area contributed by atoms with E-state index >= 15 is 0 Å². The molecule has 0 bridgehead atoms. The molecule has 114 valence electrons. The molecule has 20 heavy (non-hydrogen) atoms. The Morgan fingerprint density at radius 3 is 1.05 bits per heavy atom. The molecule has 2 nitrogen and oxygen atoms in total. The van der Waals surface area contributed by atoms with E-state index < -0.39 is 0 Å². The molecule has 2 N–H and O–H groups in total. The Morgan fingerprint density at radius 2 is 0.800 bits per heavy atom. The van der Waals surface area contributed by atoms with E-state index in [2.05, 4.69) is 24.3 Å². The van der Waals surface area contributed by atoms with E-state index in [4.69, 9.17) is 10.2 Å². The molecule has 2 atom stereocenters. The zero-order chi connectivity index (χ0) is 15.1. The van der Waals surface area contributed by atoms with E-state index in [-0.39, 0.29) is 12.2 Å². The van der Waals surface area contributed by atoms with Gasteiger partial charge in [0.2, 0.25) is 0 Å². The zero-order valence-corrected chi connectivity index (χ0v) is 12.9. The molecule has 0 aliphatic rings. The maximum absolute atomic E-state index is 9.03. The SMILES string of the molecule is CC(O)C=CCCC=CCCC=CCCC=CC(C)O. The van der Waals surface area contributed by atoms with Gasteiger partial charge in [0.1, 0.15) is 0 Å². The molecule has 0 aromatic carbocycles. The maximum Gasteiger partial charge on any atom is 0.0692 e. The van der Waals surface area contributed by atoms with E-state index in [1.54, 1.807) is 13.8 Å². The number of unbranched alkanes of at least 4 members (excludes halogenated alkanes) is 3. The summed E-state index contributed by atoms with van der Waals surface area (Å²) in [6.45, 7) is 3.53. The average Bonchev–Trinajstić information content (AvgIpc) is 2.38. The van der Waals surface area contributed by atoms with Crippen LogP contribution in [0.4, 0.5) is 0 Å². The first-order valence-corrected chi connectivity index (χ1v) is 7.62. The minimum atomic E-state index is -0.334. The fourth-order valence-electron chi connectivity index (χ4n) is 1.64. The summed E-state index contributed by atoms with van der Waals surface area (Å²) >= 11 is 0. The molecule has 0 amide bonds. The summed E-state index contributed by atoms with van der Waals surface area (Å²) in [5, 5.41) is 18.1. The summed E-state index contributed by atoms with van der Waals surface area (Å²) in [6.07, 6.45) is 22.1. The van der Waals surface area contributed by atoms with Crippen molar-refractivity contribution in [2.75, 3.05) is 0 Å². The topological polar surface area (TPSA) is 40.5 Å². The van der Waals surface area contributed by atoms with Crippen LogP contribution in [-0.2, 0) is 0 Å². The highest BCUT2D eigenvalue weighted by Crippen LogP contribution is 2.00. The van der Waals surface area contributed by atoms with Crippen molar-refractivity contribution in [1.82, 2.24) is 0 Å². The van der Waals surface area contributed by atoms with Gasteiger partial charge in [0.25, 0.3) is 0 Å². The molecule has 0 heterocycles. The molecule has 2 unspecified atom stereocenters. The van der Waals surface area contributed by atoms with Gasteiger partial charge in [-0.25, -0.2) is 0 Å². The van der Waals surface area contributed by atoms with Crippen LogP contribution in [0.3, 0.4) is 0 Å². The van der Waals surface area contributed by atoms with E-state index in [0.29, 0.717) is 0 Å². The minimum absolute atomic E-state index is 0.334. The van der Waals surface area contributed by atoms with Crippen LogP contribution in [0.25, 0.3) is 0 Å². The van der Waals surface area contributed by atoms with Crippen molar-refractivity contribution in [2.24, 2.45) is 0 Å². The van der Waals surface area contributed by atoms with Gasteiger partial charge in [0.05, 0.1) is 12.2 Å². The second kappa shape index (κ2) is 14.3.